The van der Waals surface area contributed by atoms with Gasteiger partial charge in [0.1, 0.15) is 0 Å². The summed E-state index contributed by atoms with van der Waals surface area (Å²) in [7, 11) is 0. The van der Waals surface area contributed by atoms with Gasteiger partial charge in [-0.2, -0.15) is 27.7 Å². The molecule has 0 bridgehead atoms. The van der Waals surface area contributed by atoms with Crippen LogP contribution in [-0.2, 0) is 21.7 Å². The van der Waals surface area contributed by atoms with Crippen molar-refractivity contribution >= 4 is 12.4 Å². The summed E-state index contributed by atoms with van der Waals surface area (Å²) < 4.78 is 0. The first-order valence-electron chi connectivity index (χ1n) is 2.31. The molecule has 0 fully saturated rings. The molecule has 0 aromatic carbocycles. The monoisotopic (exact) mass is 170 g/mol. The first-order chi connectivity index (χ1) is 2.83. The average molecular weight is 171 g/mol. The van der Waals surface area contributed by atoms with E-state index >= 15 is 0 Å². The zero-order valence-corrected chi connectivity index (χ0v) is 8.44. The van der Waals surface area contributed by atoms with Gasteiger partial charge in [0.15, 0.2) is 0 Å². The van der Waals surface area contributed by atoms with Crippen molar-refractivity contribution in [3.05, 3.63) is 12.8 Å². The summed E-state index contributed by atoms with van der Waals surface area (Å²) >= 11 is 0. The van der Waals surface area contributed by atoms with Gasteiger partial charge < -0.3 is 12.8 Å². The summed E-state index contributed by atoms with van der Waals surface area (Å²) in [5.41, 5.74) is 0. The molecule has 0 aromatic rings. The Balaban J connectivity index is -0.0000000160. The summed E-state index contributed by atoms with van der Waals surface area (Å²) in [6.07, 6.45) is 4.00. The van der Waals surface area contributed by atoms with E-state index in [1.807, 2.05) is 40.5 Å². The number of hydrogen-bond donors (Lipinski definition) is 0. The summed E-state index contributed by atoms with van der Waals surface area (Å²) in [6, 6.07) is 0. The standard InChI is InChI=1S/2C3H7.ClH.Ti/c2*1-3-2;;/h2*3H,1-2H3;1H;/q2*-1;;+2. The van der Waals surface area contributed by atoms with Gasteiger partial charge >= 0.3 is 21.7 Å². The zero-order valence-electron chi connectivity index (χ0n) is 6.06. The Kier molecular flexibility index (Phi) is 125. The number of rotatable bonds is 0. The average Bonchev–Trinajstić information content (AvgIpc) is 1.39. The summed E-state index contributed by atoms with van der Waals surface area (Å²) in [5.74, 6) is 0. The molecule has 0 spiro atoms. The van der Waals surface area contributed by atoms with Crippen LogP contribution in [0.5, 0.6) is 0 Å². The molecule has 0 N–H and O–H groups in total. The minimum Gasteiger partial charge on any atom is -0.335 e. The minimum atomic E-state index is 0. The second-order valence-corrected chi connectivity index (χ2v) is 1.15. The second-order valence-electron chi connectivity index (χ2n) is 1.15. The fraction of sp³-hybridized carbons (Fsp3) is 0.667. The molecule has 0 saturated heterocycles. The number of hydrogen-bond acceptors (Lipinski definition) is 0. The van der Waals surface area contributed by atoms with Gasteiger partial charge in [0.05, 0.1) is 0 Å². The largest absolute Gasteiger partial charge is 2.00 e. The zero-order chi connectivity index (χ0) is 5.41. The molecule has 0 radical (unpaired) electrons. The Morgan fingerprint density at radius 3 is 0.750 bits per heavy atom. The van der Waals surface area contributed by atoms with E-state index in [1.54, 1.807) is 0 Å². The quantitative estimate of drug-likeness (QED) is 0.387. The first-order valence-corrected chi connectivity index (χ1v) is 2.31. The molecule has 0 aromatic heterocycles. The van der Waals surface area contributed by atoms with Crippen molar-refractivity contribution in [3.8, 4) is 0 Å². The van der Waals surface area contributed by atoms with Crippen LogP contribution in [0, 0.1) is 12.8 Å². The molecule has 0 aliphatic rings. The predicted molar refractivity (Wildman–Crippen MR) is 38.5 cm³/mol. The van der Waals surface area contributed by atoms with Gasteiger partial charge in [-0.15, -0.1) is 12.4 Å². The summed E-state index contributed by atoms with van der Waals surface area (Å²) in [5, 5.41) is 0. The van der Waals surface area contributed by atoms with Crippen LogP contribution in [0.4, 0.5) is 0 Å². The molecule has 0 aliphatic carbocycles. The molecule has 0 rings (SSSR count). The molecule has 0 heterocycles. The molecule has 8 heavy (non-hydrogen) atoms. The van der Waals surface area contributed by atoms with Gasteiger partial charge in [0.2, 0.25) is 0 Å². The maximum absolute atomic E-state index is 2.00. The van der Waals surface area contributed by atoms with Crippen molar-refractivity contribution in [2.24, 2.45) is 0 Å². The molecule has 0 unspecified atom stereocenters. The van der Waals surface area contributed by atoms with E-state index in [4.69, 9.17) is 0 Å². The van der Waals surface area contributed by atoms with Crippen molar-refractivity contribution in [1.82, 2.24) is 0 Å². The third kappa shape index (κ3) is 250. The Labute approximate surface area is 74.7 Å². The third-order valence-electron chi connectivity index (χ3n) is 0. The smallest absolute Gasteiger partial charge is 0.335 e. The van der Waals surface area contributed by atoms with Gasteiger partial charge in [0.25, 0.3) is 0 Å². The molecular weight excluding hydrogens is 155 g/mol. The molecule has 0 aliphatic heterocycles. The van der Waals surface area contributed by atoms with Gasteiger partial charge in [0, 0.05) is 0 Å². The van der Waals surface area contributed by atoms with Crippen LogP contribution in [0.2, 0.25) is 0 Å². The van der Waals surface area contributed by atoms with Gasteiger partial charge in [-0.25, -0.2) is 0 Å². The van der Waals surface area contributed by atoms with Crippen LogP contribution in [0.1, 0.15) is 27.7 Å². The van der Waals surface area contributed by atoms with Crippen LogP contribution in [-0.4, -0.2) is 0 Å². The van der Waals surface area contributed by atoms with Crippen molar-refractivity contribution in [2.75, 3.05) is 0 Å². The Bertz CT molecular complexity index is 10.5. The van der Waals surface area contributed by atoms with Gasteiger partial charge in [-0.05, 0) is 0 Å². The van der Waals surface area contributed by atoms with Crippen molar-refractivity contribution in [3.63, 3.8) is 0 Å². The van der Waals surface area contributed by atoms with Crippen LogP contribution in [0.3, 0.4) is 0 Å². The van der Waals surface area contributed by atoms with Crippen molar-refractivity contribution in [1.29, 1.82) is 0 Å². The molecule has 2 heteroatoms. The van der Waals surface area contributed by atoms with E-state index < -0.39 is 0 Å². The fourth-order valence-corrected chi connectivity index (χ4v) is 0. The normalized spacial score (nSPS) is 4.50. The van der Waals surface area contributed by atoms with Crippen LogP contribution in [0.15, 0.2) is 0 Å². The molecule has 0 nitrogen and oxygen atoms in total. The van der Waals surface area contributed by atoms with Crippen LogP contribution in [0.25, 0.3) is 0 Å². The molecule has 0 saturated carbocycles. The summed E-state index contributed by atoms with van der Waals surface area (Å²) in [4.78, 5) is 0. The van der Waals surface area contributed by atoms with E-state index in [-0.39, 0.29) is 34.1 Å². The molecular formula is C6H15ClTi. The van der Waals surface area contributed by atoms with Crippen LogP contribution < -0.4 is 0 Å². The first kappa shape index (κ1) is 23.0. The third-order valence-corrected chi connectivity index (χ3v) is 0. The topological polar surface area (TPSA) is 0 Å². The minimum absolute atomic E-state index is 0. The second kappa shape index (κ2) is 43.5. The molecule has 0 atom stereocenters. The van der Waals surface area contributed by atoms with E-state index in [9.17, 15) is 0 Å². The Morgan fingerprint density at radius 1 is 0.750 bits per heavy atom. The maximum Gasteiger partial charge on any atom is 2.00 e. The van der Waals surface area contributed by atoms with E-state index in [2.05, 4.69) is 0 Å². The molecule has 50 valence electrons. The van der Waals surface area contributed by atoms with E-state index in [1.165, 1.54) is 0 Å². The van der Waals surface area contributed by atoms with Gasteiger partial charge in [-0.1, -0.05) is 0 Å². The van der Waals surface area contributed by atoms with Crippen LogP contribution >= 0.6 is 12.4 Å². The van der Waals surface area contributed by atoms with E-state index in [0.717, 1.165) is 0 Å². The Hall–Kier alpha value is 1.00. The predicted octanol–water partition coefficient (Wildman–Crippen LogP) is 2.88. The van der Waals surface area contributed by atoms with Crippen molar-refractivity contribution in [2.45, 2.75) is 27.7 Å². The summed E-state index contributed by atoms with van der Waals surface area (Å²) in [6.45, 7) is 8.00. The maximum atomic E-state index is 2.00. The SMILES string of the molecule is C[CH-]C.C[CH-]C.Cl.[Ti+2]. The molecule has 0 amide bonds. The van der Waals surface area contributed by atoms with Crippen molar-refractivity contribution < 1.29 is 21.7 Å². The number of halogens is 1. The van der Waals surface area contributed by atoms with Gasteiger partial charge in [-0.3, -0.25) is 0 Å². The van der Waals surface area contributed by atoms with E-state index in [0.29, 0.717) is 0 Å². The Morgan fingerprint density at radius 2 is 0.750 bits per heavy atom. The fourth-order valence-electron chi connectivity index (χ4n) is 0.